The van der Waals surface area contributed by atoms with E-state index in [2.05, 4.69) is 13.2 Å². The van der Waals surface area contributed by atoms with Crippen LogP contribution in [0.3, 0.4) is 0 Å². The van der Waals surface area contributed by atoms with Gasteiger partial charge in [0, 0.05) is 10.6 Å². The summed E-state index contributed by atoms with van der Waals surface area (Å²) in [5, 5.41) is 1.63. The van der Waals surface area contributed by atoms with Crippen molar-refractivity contribution in [3.8, 4) is 11.1 Å². The Labute approximate surface area is 109 Å². The minimum absolute atomic E-state index is 0.750. The molecular weight excluding hydrogens is 258 g/mol. The fourth-order valence-corrected chi connectivity index (χ4v) is 3.65. The minimum atomic E-state index is 0.750. The highest BCUT2D eigenvalue weighted by molar-refractivity contribution is 8.00. The zero-order valence-corrected chi connectivity index (χ0v) is 11.5. The topological polar surface area (TPSA) is 26.0 Å². The van der Waals surface area contributed by atoms with Gasteiger partial charge in [-0.1, -0.05) is 23.7 Å². The van der Waals surface area contributed by atoms with E-state index in [1.165, 1.54) is 9.77 Å². The quantitative estimate of drug-likeness (QED) is 0.801. The van der Waals surface area contributed by atoms with E-state index in [1.807, 2.05) is 24.3 Å². The molecule has 0 aliphatic carbocycles. The van der Waals surface area contributed by atoms with Crippen molar-refractivity contribution in [2.24, 2.45) is 0 Å². The van der Waals surface area contributed by atoms with Crippen molar-refractivity contribution in [2.75, 3.05) is 12.0 Å². The third kappa shape index (κ3) is 2.08. The summed E-state index contributed by atoms with van der Waals surface area (Å²) in [6.07, 6.45) is 2.07. The van der Waals surface area contributed by atoms with Crippen LogP contribution in [0.2, 0.25) is 5.02 Å². The molecule has 0 bridgehead atoms. The molecule has 2 rings (SSSR count). The summed E-state index contributed by atoms with van der Waals surface area (Å²) in [5.41, 5.74) is 9.60. The molecule has 2 N–H and O–H groups in total. The maximum atomic E-state index is 6.06. The largest absolute Gasteiger partial charge is 0.390 e. The fraction of sp³-hybridized carbons (Fsp3) is 0.167. The summed E-state index contributed by atoms with van der Waals surface area (Å²) < 4.78 is 1.28. The van der Waals surface area contributed by atoms with Gasteiger partial charge in [0.25, 0.3) is 0 Å². The molecular formula is C12H12ClNS2. The predicted octanol–water partition coefficient (Wildman–Crippen LogP) is 4.68. The number of thiophene rings is 1. The first-order valence-electron chi connectivity index (χ1n) is 4.82. The maximum Gasteiger partial charge on any atom is 0.0950 e. The first-order valence-corrected chi connectivity index (χ1v) is 7.24. The van der Waals surface area contributed by atoms with Crippen LogP contribution in [0.25, 0.3) is 11.1 Å². The van der Waals surface area contributed by atoms with Gasteiger partial charge in [0.05, 0.1) is 9.21 Å². The van der Waals surface area contributed by atoms with Crippen LogP contribution >= 0.6 is 34.7 Å². The van der Waals surface area contributed by atoms with E-state index in [9.17, 15) is 0 Å². The Morgan fingerprint density at radius 2 is 1.88 bits per heavy atom. The molecule has 84 valence electrons. The van der Waals surface area contributed by atoms with E-state index in [4.69, 9.17) is 17.3 Å². The van der Waals surface area contributed by atoms with Gasteiger partial charge in [0.15, 0.2) is 0 Å². The van der Waals surface area contributed by atoms with Crippen LogP contribution < -0.4 is 5.73 Å². The molecule has 0 saturated heterocycles. The first kappa shape index (κ1) is 11.8. The highest BCUT2D eigenvalue weighted by Gasteiger charge is 2.13. The van der Waals surface area contributed by atoms with Gasteiger partial charge in [-0.2, -0.15) is 0 Å². The molecule has 0 radical (unpaired) electrons. The Hall–Kier alpha value is -0.640. The molecule has 2 aromatic rings. The summed E-state index contributed by atoms with van der Waals surface area (Å²) in [5.74, 6) is 0. The van der Waals surface area contributed by atoms with Gasteiger partial charge < -0.3 is 5.73 Å². The van der Waals surface area contributed by atoms with Crippen molar-refractivity contribution in [1.82, 2.24) is 0 Å². The lowest BCUT2D eigenvalue weighted by molar-refractivity contribution is 1.43. The number of hydrogen-bond acceptors (Lipinski definition) is 3. The zero-order chi connectivity index (χ0) is 11.7. The second-order valence-corrected chi connectivity index (χ2v) is 6.03. The second kappa shape index (κ2) is 4.70. The van der Waals surface area contributed by atoms with Gasteiger partial charge in [0.2, 0.25) is 0 Å². The predicted molar refractivity (Wildman–Crippen MR) is 75.7 cm³/mol. The average Bonchev–Trinajstić information content (AvgIpc) is 2.56. The monoisotopic (exact) mass is 269 g/mol. The van der Waals surface area contributed by atoms with E-state index in [0.717, 1.165) is 21.2 Å². The molecule has 0 aliphatic rings. The third-order valence-electron chi connectivity index (χ3n) is 2.45. The number of halogens is 1. The number of nitrogens with two attached hydrogens (primary N) is 1. The lowest BCUT2D eigenvalue weighted by Gasteiger charge is -2.03. The lowest BCUT2D eigenvalue weighted by Crippen LogP contribution is -1.85. The summed E-state index contributed by atoms with van der Waals surface area (Å²) in [4.78, 5) is 0. The van der Waals surface area contributed by atoms with Crippen LogP contribution in [0.4, 0.5) is 5.00 Å². The lowest BCUT2D eigenvalue weighted by atomic mass is 10.1. The number of hydrogen-bond donors (Lipinski definition) is 1. The molecule has 0 fully saturated rings. The van der Waals surface area contributed by atoms with Gasteiger partial charge in [-0.15, -0.1) is 23.1 Å². The van der Waals surface area contributed by atoms with Crippen LogP contribution in [-0.4, -0.2) is 6.26 Å². The Balaban J connectivity index is 2.55. The van der Waals surface area contributed by atoms with E-state index in [-0.39, 0.29) is 0 Å². The Bertz CT molecular complexity index is 502. The summed E-state index contributed by atoms with van der Waals surface area (Å²) >= 11 is 9.27. The highest BCUT2D eigenvalue weighted by atomic mass is 35.5. The molecule has 16 heavy (non-hydrogen) atoms. The van der Waals surface area contributed by atoms with Crippen LogP contribution in [0.5, 0.6) is 0 Å². The molecule has 0 atom stereocenters. The molecule has 0 unspecified atom stereocenters. The number of benzene rings is 1. The van der Waals surface area contributed by atoms with Crippen molar-refractivity contribution >= 4 is 39.7 Å². The summed E-state index contributed by atoms with van der Waals surface area (Å²) in [7, 11) is 0. The molecule has 1 aromatic heterocycles. The van der Waals surface area contributed by atoms with Gasteiger partial charge >= 0.3 is 0 Å². The molecule has 0 saturated carbocycles. The van der Waals surface area contributed by atoms with E-state index >= 15 is 0 Å². The Morgan fingerprint density at radius 3 is 2.38 bits per heavy atom. The molecule has 1 heterocycles. The van der Waals surface area contributed by atoms with E-state index in [1.54, 1.807) is 23.1 Å². The van der Waals surface area contributed by atoms with Crippen LogP contribution in [0.15, 0.2) is 28.5 Å². The third-order valence-corrected chi connectivity index (χ3v) is 5.04. The number of anilines is 1. The number of rotatable bonds is 2. The van der Waals surface area contributed by atoms with Crippen molar-refractivity contribution in [3.63, 3.8) is 0 Å². The summed E-state index contributed by atoms with van der Waals surface area (Å²) in [6, 6.07) is 7.81. The Kier molecular flexibility index (Phi) is 3.47. The van der Waals surface area contributed by atoms with Gasteiger partial charge in [-0.25, -0.2) is 0 Å². The molecule has 1 aromatic carbocycles. The zero-order valence-electron chi connectivity index (χ0n) is 9.08. The molecule has 4 heteroatoms. The van der Waals surface area contributed by atoms with Crippen molar-refractivity contribution in [3.05, 3.63) is 34.9 Å². The van der Waals surface area contributed by atoms with E-state index < -0.39 is 0 Å². The number of nitrogen functional groups attached to an aromatic ring is 1. The smallest absolute Gasteiger partial charge is 0.0950 e. The fourth-order valence-electron chi connectivity index (χ4n) is 1.68. The minimum Gasteiger partial charge on any atom is -0.390 e. The standard InChI is InChI=1S/C12H12ClNS2/c1-7-10(11(14)16-12(7)15-2)8-3-5-9(13)6-4-8/h3-6H,14H2,1-2H3. The number of thioether (sulfide) groups is 1. The molecule has 0 aliphatic heterocycles. The molecule has 1 nitrogen and oxygen atoms in total. The van der Waals surface area contributed by atoms with Gasteiger partial charge in [0.1, 0.15) is 0 Å². The SMILES string of the molecule is CSc1sc(N)c(-c2ccc(Cl)cc2)c1C. The van der Waals surface area contributed by atoms with E-state index in [0.29, 0.717) is 0 Å². The summed E-state index contributed by atoms with van der Waals surface area (Å²) in [6.45, 7) is 2.11. The first-order chi connectivity index (χ1) is 7.63. The molecule has 0 spiro atoms. The molecule has 0 amide bonds. The highest BCUT2D eigenvalue weighted by Crippen LogP contribution is 2.42. The van der Waals surface area contributed by atoms with Crippen molar-refractivity contribution in [1.29, 1.82) is 0 Å². The Morgan fingerprint density at radius 1 is 1.25 bits per heavy atom. The van der Waals surface area contributed by atoms with Gasteiger partial charge in [-0.05, 0) is 36.4 Å². The maximum absolute atomic E-state index is 6.06. The van der Waals surface area contributed by atoms with Crippen molar-refractivity contribution < 1.29 is 0 Å². The van der Waals surface area contributed by atoms with Crippen molar-refractivity contribution in [2.45, 2.75) is 11.1 Å². The average molecular weight is 270 g/mol. The van der Waals surface area contributed by atoms with Crippen LogP contribution in [-0.2, 0) is 0 Å². The van der Waals surface area contributed by atoms with Crippen LogP contribution in [0.1, 0.15) is 5.56 Å². The van der Waals surface area contributed by atoms with Gasteiger partial charge in [-0.3, -0.25) is 0 Å². The normalized spacial score (nSPS) is 10.7. The second-order valence-electron chi connectivity index (χ2n) is 3.46. The van der Waals surface area contributed by atoms with Crippen LogP contribution in [0, 0.1) is 6.92 Å².